The number of hydrogen-bond donors (Lipinski definition) is 3. The summed E-state index contributed by atoms with van der Waals surface area (Å²) in [7, 11) is 0.324. The Bertz CT molecular complexity index is 1830. The fourth-order valence-electron chi connectivity index (χ4n) is 5.95. The highest BCUT2D eigenvalue weighted by Crippen LogP contribution is 2.41. The number of halogens is 1. The van der Waals surface area contributed by atoms with Crippen LogP contribution in [0.15, 0.2) is 53.4 Å². The van der Waals surface area contributed by atoms with Crippen LogP contribution in [0.3, 0.4) is 0 Å². The quantitative estimate of drug-likeness (QED) is 0.272. The van der Waals surface area contributed by atoms with E-state index in [0.717, 1.165) is 0 Å². The molecule has 1 fully saturated rings. The van der Waals surface area contributed by atoms with E-state index in [2.05, 4.69) is 16.0 Å². The fraction of sp³-hybridized carbons (Fsp3) is 0.364. The number of rotatable bonds is 10. The Hall–Kier alpha value is -4.85. The van der Waals surface area contributed by atoms with Crippen molar-refractivity contribution in [1.29, 1.82) is 0 Å². The zero-order valence-electron chi connectivity index (χ0n) is 26.7. The van der Waals surface area contributed by atoms with Crippen molar-refractivity contribution in [2.75, 3.05) is 38.5 Å². The summed E-state index contributed by atoms with van der Waals surface area (Å²) in [6.07, 6.45) is 0.246. The maximum Gasteiger partial charge on any atom is 0.411 e. The third-order valence-electron chi connectivity index (χ3n) is 8.45. The number of ether oxygens (including phenoxy) is 3. The number of anilines is 2. The predicted octanol–water partition coefficient (Wildman–Crippen LogP) is 4.96. The fourth-order valence-corrected chi connectivity index (χ4v) is 7.24. The molecule has 2 heterocycles. The molecular weight excluding hydrogens is 631 g/mol. The highest BCUT2D eigenvalue weighted by Gasteiger charge is 2.39. The summed E-state index contributed by atoms with van der Waals surface area (Å²) >= 11 is 0. The minimum absolute atomic E-state index is 0.0407. The zero-order chi connectivity index (χ0) is 34.0. The van der Waals surface area contributed by atoms with Gasteiger partial charge in [0.15, 0.2) is 27.2 Å². The molecule has 3 aromatic rings. The Balaban J connectivity index is 1.61. The lowest BCUT2D eigenvalue weighted by molar-refractivity contribution is -0.133. The van der Waals surface area contributed by atoms with E-state index in [0.29, 0.717) is 46.7 Å². The summed E-state index contributed by atoms with van der Waals surface area (Å²) < 4.78 is 58.4. The average Bonchev–Trinajstić information content (AvgIpc) is 3.71. The first kappa shape index (κ1) is 33.5. The first-order valence-corrected chi connectivity index (χ1v) is 16.6. The van der Waals surface area contributed by atoms with Crippen LogP contribution in [0.4, 0.5) is 20.6 Å². The average molecular weight is 669 g/mol. The standard InChI is InChI=1S/C33H37FN4O8S/c1-18(2)47(42,43)27-13-10-21(36-33(41)46-5)16-22(27)24-7-6-14-38(24)32(40)30(19-9-12-25(44-3)26(15-19)45-4)37-23-11-8-20-17-35-31(39)28(20)29(23)34/h8-13,15-16,18,24,30,37H,6-7,14,17H2,1-5H3,(H,35,39)(H,36,41)/t24-,30?/m1/s1. The number of fused-ring (bicyclic) bond motifs is 1. The van der Waals surface area contributed by atoms with Gasteiger partial charge < -0.3 is 29.7 Å². The number of nitrogens with zero attached hydrogens (tertiary/aromatic N) is 1. The van der Waals surface area contributed by atoms with Gasteiger partial charge in [0.25, 0.3) is 5.91 Å². The molecule has 12 nitrogen and oxygen atoms in total. The molecule has 5 rings (SSSR count). The summed E-state index contributed by atoms with van der Waals surface area (Å²) in [5.41, 5.74) is 1.40. The molecule has 0 saturated carbocycles. The number of carbonyl (C=O) groups excluding carboxylic acids is 3. The molecule has 0 bridgehead atoms. The first-order valence-electron chi connectivity index (χ1n) is 15.0. The van der Waals surface area contributed by atoms with Crippen LogP contribution < -0.4 is 25.4 Å². The van der Waals surface area contributed by atoms with Crippen LogP contribution in [0, 0.1) is 5.82 Å². The summed E-state index contributed by atoms with van der Waals surface area (Å²) in [4.78, 5) is 40.7. The van der Waals surface area contributed by atoms with Gasteiger partial charge >= 0.3 is 6.09 Å². The topological polar surface area (TPSA) is 152 Å². The lowest BCUT2D eigenvalue weighted by Crippen LogP contribution is -2.38. The van der Waals surface area contributed by atoms with E-state index in [1.165, 1.54) is 39.5 Å². The molecule has 0 spiro atoms. The molecule has 3 N–H and O–H groups in total. The Morgan fingerprint density at radius 3 is 2.45 bits per heavy atom. The van der Waals surface area contributed by atoms with Gasteiger partial charge in [-0.25, -0.2) is 17.6 Å². The van der Waals surface area contributed by atoms with Gasteiger partial charge in [0, 0.05) is 18.8 Å². The van der Waals surface area contributed by atoms with Crippen LogP contribution in [0.25, 0.3) is 0 Å². The molecule has 3 aromatic carbocycles. The van der Waals surface area contributed by atoms with Gasteiger partial charge in [-0.05, 0) is 79.8 Å². The van der Waals surface area contributed by atoms with Crippen molar-refractivity contribution in [3.05, 3.63) is 76.6 Å². The third-order valence-corrected chi connectivity index (χ3v) is 10.7. The molecule has 1 saturated heterocycles. The molecule has 250 valence electrons. The van der Waals surface area contributed by atoms with Crippen LogP contribution in [-0.2, 0) is 25.9 Å². The molecule has 0 aromatic heterocycles. The van der Waals surface area contributed by atoms with E-state index in [1.807, 2.05) is 0 Å². The Morgan fingerprint density at radius 1 is 1.02 bits per heavy atom. The molecular formula is C33H37FN4O8S. The smallest absolute Gasteiger partial charge is 0.411 e. The number of amides is 3. The number of sulfone groups is 1. The highest BCUT2D eigenvalue weighted by molar-refractivity contribution is 7.92. The molecule has 14 heteroatoms. The molecule has 1 unspecified atom stereocenters. The van der Waals surface area contributed by atoms with Gasteiger partial charge in [-0.15, -0.1) is 0 Å². The number of carbonyl (C=O) groups is 3. The molecule has 2 aliphatic rings. The Kier molecular flexibility index (Phi) is 9.61. The van der Waals surface area contributed by atoms with Gasteiger partial charge in [-0.3, -0.25) is 14.9 Å². The molecule has 3 amide bonds. The number of hydrogen-bond acceptors (Lipinski definition) is 9. The largest absolute Gasteiger partial charge is 0.493 e. The molecule has 0 radical (unpaired) electrons. The minimum Gasteiger partial charge on any atom is -0.493 e. The monoisotopic (exact) mass is 668 g/mol. The molecule has 47 heavy (non-hydrogen) atoms. The maximum absolute atomic E-state index is 15.8. The van der Waals surface area contributed by atoms with Crippen LogP contribution in [0.2, 0.25) is 0 Å². The summed E-state index contributed by atoms with van der Waals surface area (Å²) in [5.74, 6) is -1.05. The zero-order valence-corrected chi connectivity index (χ0v) is 27.5. The van der Waals surface area contributed by atoms with Crippen molar-refractivity contribution in [2.45, 2.75) is 55.5 Å². The van der Waals surface area contributed by atoms with E-state index >= 15 is 4.39 Å². The van der Waals surface area contributed by atoms with Crippen molar-refractivity contribution >= 4 is 39.1 Å². The first-order chi connectivity index (χ1) is 22.4. The summed E-state index contributed by atoms with van der Waals surface area (Å²) in [6, 6.07) is 10.5. The third kappa shape index (κ3) is 6.42. The van der Waals surface area contributed by atoms with Crippen LogP contribution >= 0.6 is 0 Å². The van der Waals surface area contributed by atoms with Crippen LogP contribution in [0.1, 0.15) is 65.8 Å². The van der Waals surface area contributed by atoms with Crippen molar-refractivity contribution in [2.24, 2.45) is 0 Å². The molecule has 0 aliphatic carbocycles. The lowest BCUT2D eigenvalue weighted by Gasteiger charge is -2.32. The maximum atomic E-state index is 15.8. The summed E-state index contributed by atoms with van der Waals surface area (Å²) in [6.45, 7) is 3.61. The second-order valence-electron chi connectivity index (χ2n) is 11.5. The van der Waals surface area contributed by atoms with Gasteiger partial charge in [0.1, 0.15) is 6.04 Å². The molecule has 2 atom stereocenters. The van der Waals surface area contributed by atoms with E-state index in [-0.39, 0.29) is 29.2 Å². The highest BCUT2D eigenvalue weighted by atomic mass is 32.2. The van der Waals surface area contributed by atoms with Gasteiger partial charge in [0.2, 0.25) is 5.91 Å². The second kappa shape index (κ2) is 13.5. The Labute approximate surface area is 272 Å². The van der Waals surface area contributed by atoms with Crippen LogP contribution in [0.5, 0.6) is 11.5 Å². The number of nitrogens with one attached hydrogen (secondary N) is 3. The normalized spacial score (nSPS) is 16.4. The SMILES string of the molecule is COC(=O)Nc1ccc(S(=O)(=O)C(C)C)c([C@H]2CCCN2C(=O)C(Nc2ccc3c(c2F)C(=O)NC3)c2ccc(OC)c(OC)c2)c1. The van der Waals surface area contributed by atoms with Crippen molar-refractivity contribution in [3.63, 3.8) is 0 Å². The second-order valence-corrected chi connectivity index (χ2v) is 14.0. The van der Waals surface area contributed by atoms with Gasteiger partial charge in [-0.2, -0.15) is 0 Å². The van der Waals surface area contributed by atoms with Crippen molar-refractivity contribution < 1.29 is 41.4 Å². The van der Waals surface area contributed by atoms with Gasteiger partial charge in [-0.1, -0.05) is 12.1 Å². The number of methoxy groups -OCH3 is 3. The minimum atomic E-state index is -3.81. The van der Waals surface area contributed by atoms with Crippen molar-refractivity contribution in [1.82, 2.24) is 10.2 Å². The van der Waals surface area contributed by atoms with E-state index in [1.54, 1.807) is 49.1 Å². The van der Waals surface area contributed by atoms with E-state index in [9.17, 15) is 22.8 Å². The van der Waals surface area contributed by atoms with E-state index < -0.39 is 50.9 Å². The predicted molar refractivity (Wildman–Crippen MR) is 172 cm³/mol. The van der Waals surface area contributed by atoms with E-state index in [4.69, 9.17) is 14.2 Å². The van der Waals surface area contributed by atoms with Crippen molar-refractivity contribution in [3.8, 4) is 11.5 Å². The Morgan fingerprint density at radius 2 is 1.77 bits per heavy atom. The number of benzene rings is 3. The summed E-state index contributed by atoms with van der Waals surface area (Å²) in [5, 5.41) is 7.45. The lowest BCUT2D eigenvalue weighted by atomic mass is 10.00. The molecule has 2 aliphatic heterocycles. The number of likely N-dealkylation sites (tertiary alicyclic amines) is 1. The van der Waals surface area contributed by atoms with Crippen LogP contribution in [-0.4, -0.2) is 64.3 Å². The van der Waals surface area contributed by atoms with Gasteiger partial charge in [0.05, 0.1) is 48.8 Å².